The number of aryl methyl sites for hydroxylation is 2. The number of aromatic nitrogens is 1. The van der Waals surface area contributed by atoms with Crippen LogP contribution in [0.25, 0.3) is 0 Å². The van der Waals surface area contributed by atoms with Crippen molar-refractivity contribution in [2.75, 3.05) is 9.62 Å². The number of amides is 1. The highest BCUT2D eigenvalue weighted by atomic mass is 32.2. The Morgan fingerprint density at radius 2 is 2.00 bits per heavy atom. The van der Waals surface area contributed by atoms with E-state index in [4.69, 9.17) is 0 Å². The molecule has 1 N–H and O–H groups in total. The Labute approximate surface area is 163 Å². The fourth-order valence-corrected chi connectivity index (χ4v) is 5.54. The van der Waals surface area contributed by atoms with Crippen LogP contribution in [-0.2, 0) is 14.8 Å². The van der Waals surface area contributed by atoms with Crippen LogP contribution in [0, 0.1) is 13.8 Å². The quantitative estimate of drug-likeness (QED) is 0.788. The molecule has 3 heterocycles. The largest absolute Gasteiger partial charge is 0.434 e. The van der Waals surface area contributed by atoms with E-state index in [0.717, 1.165) is 11.8 Å². The van der Waals surface area contributed by atoms with Gasteiger partial charge in [0.2, 0.25) is 6.10 Å². The fraction of sp³-hybridized carbons (Fsp3) is 0.375. The molecule has 0 radical (unpaired) electrons. The molecule has 0 saturated carbocycles. The molecule has 3 rings (SSSR count). The number of cyclic esters (lactones) is 1. The predicted molar refractivity (Wildman–Crippen MR) is 97.1 cm³/mol. The van der Waals surface area contributed by atoms with E-state index in [-0.39, 0.29) is 16.4 Å². The molecule has 1 fully saturated rings. The van der Waals surface area contributed by atoms with E-state index in [1.807, 2.05) is 0 Å². The first-order valence-electron chi connectivity index (χ1n) is 8.03. The molecular weight excluding hydrogens is 419 g/mol. The number of carbonyl (C=O) groups excluding carboxylic acids is 1. The smallest absolute Gasteiger partial charge is 0.427 e. The number of sulfonamides is 1. The lowest BCUT2D eigenvalue weighted by Crippen LogP contribution is -2.41. The van der Waals surface area contributed by atoms with E-state index in [1.165, 1.54) is 35.7 Å². The molecular formula is C16H16F3N3O4S2. The summed E-state index contributed by atoms with van der Waals surface area (Å²) in [6.45, 7) is 4.55. The zero-order valence-electron chi connectivity index (χ0n) is 14.9. The van der Waals surface area contributed by atoms with Crippen molar-refractivity contribution in [2.45, 2.75) is 44.0 Å². The molecule has 0 bridgehead atoms. The van der Waals surface area contributed by atoms with Crippen molar-refractivity contribution in [3.8, 4) is 0 Å². The van der Waals surface area contributed by atoms with Gasteiger partial charge in [-0.25, -0.2) is 18.2 Å². The first-order chi connectivity index (χ1) is 12.9. The second-order valence-corrected chi connectivity index (χ2v) is 9.33. The Morgan fingerprint density at radius 3 is 2.54 bits per heavy atom. The maximum Gasteiger partial charge on any atom is 0.427 e. The SMILES string of the molecule is Cc1cc(S(=O)(=O)Nc2cccnc2N2C(=O)O[C@@H](C(F)(F)F)[C@@H]2C)c(C)s1. The third kappa shape index (κ3) is 3.65. The summed E-state index contributed by atoms with van der Waals surface area (Å²) >= 11 is 1.30. The van der Waals surface area contributed by atoms with Crippen LogP contribution in [0.2, 0.25) is 0 Å². The van der Waals surface area contributed by atoms with Crippen LogP contribution in [0.1, 0.15) is 16.7 Å². The van der Waals surface area contributed by atoms with Gasteiger partial charge in [0.05, 0.1) is 11.7 Å². The zero-order valence-corrected chi connectivity index (χ0v) is 16.6. The van der Waals surface area contributed by atoms with E-state index in [9.17, 15) is 26.4 Å². The van der Waals surface area contributed by atoms with Gasteiger partial charge in [0.15, 0.2) is 5.82 Å². The van der Waals surface area contributed by atoms with Crippen LogP contribution in [-0.4, -0.2) is 37.8 Å². The number of alkyl halides is 3. The molecule has 2 aromatic rings. The number of rotatable bonds is 4. The second-order valence-electron chi connectivity index (χ2n) is 6.21. The molecule has 1 aliphatic rings. The van der Waals surface area contributed by atoms with Gasteiger partial charge in [-0.15, -0.1) is 11.3 Å². The minimum atomic E-state index is -4.76. The van der Waals surface area contributed by atoms with E-state index >= 15 is 0 Å². The maximum absolute atomic E-state index is 13.1. The highest BCUT2D eigenvalue weighted by molar-refractivity contribution is 7.93. The lowest BCUT2D eigenvalue weighted by Gasteiger charge is -2.23. The van der Waals surface area contributed by atoms with Crippen LogP contribution >= 0.6 is 11.3 Å². The Hall–Kier alpha value is -2.34. The summed E-state index contributed by atoms with van der Waals surface area (Å²) < 4.78 is 71.5. The Balaban J connectivity index is 1.99. The van der Waals surface area contributed by atoms with E-state index < -0.39 is 34.4 Å². The third-order valence-corrected chi connectivity index (χ3v) is 6.72. The molecule has 1 saturated heterocycles. The summed E-state index contributed by atoms with van der Waals surface area (Å²) in [5, 5.41) is 0. The first-order valence-corrected chi connectivity index (χ1v) is 10.3. The van der Waals surface area contributed by atoms with E-state index in [0.29, 0.717) is 9.78 Å². The van der Waals surface area contributed by atoms with Crippen LogP contribution in [0.4, 0.5) is 29.5 Å². The lowest BCUT2D eigenvalue weighted by atomic mass is 10.1. The third-order valence-electron chi connectivity index (χ3n) is 4.14. The van der Waals surface area contributed by atoms with Gasteiger partial charge in [-0.2, -0.15) is 13.2 Å². The first kappa shape index (κ1) is 20.4. The average Bonchev–Trinajstić information content (AvgIpc) is 3.07. The minimum absolute atomic E-state index is 0.0509. The maximum atomic E-state index is 13.1. The fourth-order valence-electron chi connectivity index (χ4n) is 2.93. The van der Waals surface area contributed by atoms with Crippen LogP contribution in [0.5, 0.6) is 0 Å². The van der Waals surface area contributed by atoms with Crippen LogP contribution < -0.4 is 9.62 Å². The van der Waals surface area contributed by atoms with Gasteiger partial charge in [0, 0.05) is 16.0 Å². The van der Waals surface area contributed by atoms with Crippen LogP contribution in [0.15, 0.2) is 29.3 Å². The summed E-state index contributed by atoms with van der Waals surface area (Å²) in [7, 11) is -4.03. The van der Waals surface area contributed by atoms with Crippen molar-refractivity contribution in [2.24, 2.45) is 0 Å². The Morgan fingerprint density at radius 1 is 1.32 bits per heavy atom. The molecule has 12 heteroatoms. The number of halogens is 3. The summed E-state index contributed by atoms with van der Waals surface area (Å²) in [6, 6.07) is 2.79. The molecule has 152 valence electrons. The summed E-state index contributed by atoms with van der Waals surface area (Å²) in [5.41, 5.74) is -0.127. The molecule has 1 amide bonds. The van der Waals surface area contributed by atoms with Gasteiger partial charge < -0.3 is 4.74 Å². The minimum Gasteiger partial charge on any atom is -0.434 e. The van der Waals surface area contributed by atoms with Crippen molar-refractivity contribution in [3.63, 3.8) is 0 Å². The summed E-state index contributed by atoms with van der Waals surface area (Å²) in [4.78, 5) is 18.1. The zero-order chi connectivity index (χ0) is 20.9. The van der Waals surface area contributed by atoms with Crippen molar-refractivity contribution in [1.82, 2.24) is 4.98 Å². The molecule has 28 heavy (non-hydrogen) atoms. The van der Waals surface area contributed by atoms with Crippen molar-refractivity contribution >= 4 is 39.0 Å². The monoisotopic (exact) mass is 435 g/mol. The number of ether oxygens (including phenoxy) is 1. The van der Waals surface area contributed by atoms with Crippen LogP contribution in [0.3, 0.4) is 0 Å². The molecule has 0 aliphatic carbocycles. The molecule has 1 aliphatic heterocycles. The normalized spacial score (nSPS) is 20.4. The molecule has 2 aromatic heterocycles. The van der Waals surface area contributed by atoms with Gasteiger partial charge in [0.25, 0.3) is 10.0 Å². The average molecular weight is 435 g/mol. The molecule has 0 spiro atoms. The number of hydrogen-bond donors (Lipinski definition) is 1. The molecule has 2 atom stereocenters. The van der Waals surface area contributed by atoms with E-state index in [1.54, 1.807) is 13.8 Å². The highest BCUT2D eigenvalue weighted by Crippen LogP contribution is 2.38. The number of anilines is 2. The van der Waals surface area contributed by atoms with Gasteiger partial charge in [-0.1, -0.05) is 0 Å². The molecule has 0 aromatic carbocycles. The number of carbonyl (C=O) groups is 1. The Bertz CT molecular complexity index is 1020. The molecule has 0 unspecified atom stereocenters. The number of nitrogens with zero attached hydrogens (tertiary/aromatic N) is 2. The van der Waals surface area contributed by atoms with Crippen molar-refractivity contribution < 1.29 is 31.1 Å². The van der Waals surface area contributed by atoms with Gasteiger partial charge in [-0.05, 0) is 39.0 Å². The second kappa shape index (κ2) is 6.92. The Kier molecular flexibility index (Phi) is 5.04. The van der Waals surface area contributed by atoms with Crippen molar-refractivity contribution in [3.05, 3.63) is 34.2 Å². The predicted octanol–water partition coefficient (Wildman–Crippen LogP) is 3.84. The standard InChI is InChI=1S/C16H16F3N3O4S2/c1-8-7-12(10(3)27-8)28(24,25)21-11-5-4-6-20-14(11)22-9(2)13(16(17,18)19)26-15(22)23/h4-7,9,13,21H,1-3H3/t9-,13+/m0/s1. The highest BCUT2D eigenvalue weighted by Gasteiger charge is 2.55. The van der Waals surface area contributed by atoms with Gasteiger partial charge in [0.1, 0.15) is 4.90 Å². The number of thiophene rings is 1. The van der Waals surface area contributed by atoms with E-state index in [2.05, 4.69) is 14.4 Å². The molecule has 7 nitrogen and oxygen atoms in total. The topological polar surface area (TPSA) is 88.6 Å². The number of hydrogen-bond acceptors (Lipinski definition) is 6. The lowest BCUT2D eigenvalue weighted by molar-refractivity contribution is -0.198. The van der Waals surface area contributed by atoms with Gasteiger partial charge >= 0.3 is 12.3 Å². The number of nitrogens with one attached hydrogen (secondary N) is 1. The summed E-state index contributed by atoms with van der Waals surface area (Å²) in [5.74, 6) is -0.264. The number of pyridine rings is 1. The van der Waals surface area contributed by atoms with Gasteiger partial charge in [-0.3, -0.25) is 9.62 Å². The summed E-state index contributed by atoms with van der Waals surface area (Å²) in [6.07, 6.45) is -7.11. The van der Waals surface area contributed by atoms with Crippen molar-refractivity contribution in [1.29, 1.82) is 0 Å².